The predicted octanol–water partition coefficient (Wildman–Crippen LogP) is 4.50. The van der Waals surface area contributed by atoms with Crippen molar-refractivity contribution in [3.05, 3.63) is 50.7 Å². The topological polar surface area (TPSA) is 26.3 Å². The maximum atomic E-state index is 12.1. The lowest BCUT2D eigenvalue weighted by molar-refractivity contribution is 0.0925. The van der Waals surface area contributed by atoms with E-state index in [2.05, 4.69) is 19.9 Å². The van der Waals surface area contributed by atoms with Crippen molar-refractivity contribution >= 4 is 17.1 Å². The van der Waals surface area contributed by atoms with Gasteiger partial charge in [0.2, 0.25) is 5.78 Å². The monoisotopic (exact) mass is 288 g/mol. The Balaban J connectivity index is 2.07. The summed E-state index contributed by atoms with van der Waals surface area (Å²) in [5.41, 5.74) is 3.45. The molecule has 1 aromatic carbocycles. The van der Waals surface area contributed by atoms with Crippen LogP contribution in [0.2, 0.25) is 0 Å². The number of aryl methyl sites for hydroxylation is 3. The average molecular weight is 288 g/mol. The van der Waals surface area contributed by atoms with Crippen molar-refractivity contribution in [2.75, 3.05) is 6.61 Å². The van der Waals surface area contributed by atoms with Gasteiger partial charge in [0.05, 0.1) is 4.88 Å². The summed E-state index contributed by atoms with van der Waals surface area (Å²) >= 11 is 1.56. The normalized spacial score (nSPS) is 10.6. The molecule has 0 aliphatic heterocycles. The molecule has 2 nitrogen and oxygen atoms in total. The summed E-state index contributed by atoms with van der Waals surface area (Å²) in [4.78, 5) is 14.1. The number of carbonyl (C=O) groups is 1. The molecule has 0 saturated heterocycles. The second kappa shape index (κ2) is 6.23. The van der Waals surface area contributed by atoms with Crippen molar-refractivity contribution < 1.29 is 9.53 Å². The molecule has 0 amide bonds. The van der Waals surface area contributed by atoms with Crippen LogP contribution in [0.5, 0.6) is 5.75 Å². The van der Waals surface area contributed by atoms with E-state index in [0.717, 1.165) is 28.2 Å². The molecule has 0 saturated carbocycles. The summed E-state index contributed by atoms with van der Waals surface area (Å²) in [6.07, 6.45) is 0.967. The van der Waals surface area contributed by atoms with Crippen molar-refractivity contribution in [3.63, 3.8) is 0 Å². The number of hydrogen-bond donors (Lipinski definition) is 0. The highest BCUT2D eigenvalue weighted by molar-refractivity contribution is 7.14. The molecule has 1 heterocycles. The molecule has 0 unspecified atom stereocenters. The third-order valence-electron chi connectivity index (χ3n) is 3.41. The Kier molecular flexibility index (Phi) is 4.61. The molecule has 0 spiro atoms. The second-order valence-electron chi connectivity index (χ2n) is 5.04. The van der Waals surface area contributed by atoms with Crippen LogP contribution >= 0.6 is 11.3 Å². The quantitative estimate of drug-likeness (QED) is 0.757. The maximum Gasteiger partial charge on any atom is 0.210 e. The Bertz CT molecular complexity index is 626. The molecule has 0 radical (unpaired) electrons. The summed E-state index contributed by atoms with van der Waals surface area (Å²) in [7, 11) is 0. The zero-order valence-corrected chi connectivity index (χ0v) is 13.3. The van der Waals surface area contributed by atoms with Gasteiger partial charge in [-0.3, -0.25) is 4.79 Å². The minimum Gasteiger partial charge on any atom is -0.485 e. The number of Topliss-reactive ketones (excluding diaryl/α,β-unsaturated/α-hetero) is 1. The Morgan fingerprint density at radius 1 is 1.20 bits per heavy atom. The van der Waals surface area contributed by atoms with Gasteiger partial charge in [0.25, 0.3) is 0 Å². The first-order valence-electron chi connectivity index (χ1n) is 6.83. The van der Waals surface area contributed by atoms with Gasteiger partial charge in [-0.05, 0) is 62.1 Å². The Morgan fingerprint density at radius 2 is 1.95 bits per heavy atom. The third-order valence-corrected chi connectivity index (χ3v) is 4.68. The first-order chi connectivity index (χ1) is 9.51. The Labute approximate surface area is 124 Å². The molecule has 0 N–H and O–H groups in total. The van der Waals surface area contributed by atoms with Crippen molar-refractivity contribution in [1.82, 2.24) is 0 Å². The first-order valence-corrected chi connectivity index (χ1v) is 7.65. The van der Waals surface area contributed by atoms with Crippen LogP contribution in [0, 0.1) is 20.8 Å². The highest BCUT2D eigenvalue weighted by Gasteiger charge is 2.11. The second-order valence-corrected chi connectivity index (χ2v) is 6.20. The van der Waals surface area contributed by atoms with Gasteiger partial charge in [0.15, 0.2) is 6.61 Å². The molecule has 3 heteroatoms. The molecule has 106 valence electrons. The minimum absolute atomic E-state index is 0.0493. The number of rotatable bonds is 5. The Hall–Kier alpha value is -1.61. The van der Waals surface area contributed by atoms with Gasteiger partial charge >= 0.3 is 0 Å². The van der Waals surface area contributed by atoms with Gasteiger partial charge in [-0.25, -0.2) is 0 Å². The molecular weight excluding hydrogens is 268 g/mol. The Morgan fingerprint density at radius 3 is 2.60 bits per heavy atom. The predicted molar refractivity (Wildman–Crippen MR) is 84.2 cm³/mol. The molecule has 0 aliphatic rings. The van der Waals surface area contributed by atoms with Crippen molar-refractivity contribution in [3.8, 4) is 5.75 Å². The van der Waals surface area contributed by atoms with E-state index in [1.54, 1.807) is 11.3 Å². The highest BCUT2D eigenvalue weighted by atomic mass is 32.1. The summed E-state index contributed by atoms with van der Waals surface area (Å²) in [5, 5.41) is 0. The number of ketones is 1. The van der Waals surface area contributed by atoms with Crippen molar-refractivity contribution in [2.24, 2.45) is 0 Å². The molecule has 1 aromatic heterocycles. The van der Waals surface area contributed by atoms with E-state index in [1.165, 1.54) is 10.4 Å². The lowest BCUT2D eigenvalue weighted by Crippen LogP contribution is -2.11. The lowest BCUT2D eigenvalue weighted by Gasteiger charge is -2.11. The number of ether oxygens (including phenoxy) is 1. The third kappa shape index (κ3) is 3.28. The van der Waals surface area contributed by atoms with Gasteiger partial charge in [-0.2, -0.15) is 0 Å². The number of benzene rings is 1. The van der Waals surface area contributed by atoms with Gasteiger partial charge < -0.3 is 4.74 Å². The van der Waals surface area contributed by atoms with Crippen LogP contribution in [-0.2, 0) is 6.42 Å². The molecular formula is C17H20O2S. The summed E-state index contributed by atoms with van der Waals surface area (Å²) in [6, 6.07) is 8.02. The van der Waals surface area contributed by atoms with Crippen LogP contribution in [0.3, 0.4) is 0 Å². The highest BCUT2D eigenvalue weighted by Crippen LogP contribution is 2.24. The van der Waals surface area contributed by atoms with Gasteiger partial charge in [0, 0.05) is 4.88 Å². The lowest BCUT2D eigenvalue weighted by atomic mass is 10.1. The minimum atomic E-state index is 0.0493. The standard InChI is InChI=1S/C17H20O2S/c1-5-14-6-7-17(20-14)15(18)10-19-16-9-11(2)8-12(3)13(16)4/h6-9H,5,10H2,1-4H3. The zero-order chi connectivity index (χ0) is 14.7. The van der Waals surface area contributed by atoms with E-state index in [4.69, 9.17) is 4.74 Å². The fourth-order valence-corrected chi connectivity index (χ4v) is 2.95. The average Bonchev–Trinajstić information content (AvgIpc) is 2.89. The number of thiophene rings is 1. The first kappa shape index (κ1) is 14.8. The summed E-state index contributed by atoms with van der Waals surface area (Å²) < 4.78 is 5.71. The van der Waals surface area contributed by atoms with Gasteiger partial charge in [0.1, 0.15) is 5.75 Å². The van der Waals surface area contributed by atoms with E-state index < -0.39 is 0 Å². The van der Waals surface area contributed by atoms with E-state index in [1.807, 2.05) is 32.0 Å². The van der Waals surface area contributed by atoms with Crippen molar-refractivity contribution in [2.45, 2.75) is 34.1 Å². The van der Waals surface area contributed by atoms with E-state index in [0.29, 0.717) is 0 Å². The zero-order valence-electron chi connectivity index (χ0n) is 12.4. The number of carbonyl (C=O) groups excluding carboxylic acids is 1. The molecule has 0 bridgehead atoms. The molecule has 20 heavy (non-hydrogen) atoms. The molecule has 2 rings (SSSR count). The van der Waals surface area contributed by atoms with Gasteiger partial charge in [-0.1, -0.05) is 13.0 Å². The van der Waals surface area contributed by atoms with Crippen molar-refractivity contribution in [1.29, 1.82) is 0 Å². The van der Waals surface area contributed by atoms with E-state index in [9.17, 15) is 4.79 Å². The smallest absolute Gasteiger partial charge is 0.210 e. The summed E-state index contributed by atoms with van der Waals surface area (Å²) in [5.74, 6) is 0.858. The number of hydrogen-bond acceptors (Lipinski definition) is 3. The van der Waals surface area contributed by atoms with Crippen LogP contribution < -0.4 is 4.74 Å². The van der Waals surface area contributed by atoms with Crippen LogP contribution in [0.15, 0.2) is 24.3 Å². The van der Waals surface area contributed by atoms with Gasteiger partial charge in [-0.15, -0.1) is 11.3 Å². The van der Waals surface area contributed by atoms with E-state index in [-0.39, 0.29) is 12.4 Å². The largest absolute Gasteiger partial charge is 0.485 e. The maximum absolute atomic E-state index is 12.1. The molecule has 2 aromatic rings. The molecule has 0 atom stereocenters. The molecule has 0 aliphatic carbocycles. The van der Waals surface area contributed by atoms with Crippen LogP contribution in [0.4, 0.5) is 0 Å². The molecule has 0 fully saturated rings. The van der Waals surface area contributed by atoms with Crippen LogP contribution in [0.25, 0.3) is 0 Å². The van der Waals surface area contributed by atoms with Crippen LogP contribution in [0.1, 0.15) is 38.2 Å². The fourth-order valence-electron chi connectivity index (χ4n) is 2.08. The SMILES string of the molecule is CCc1ccc(C(=O)COc2cc(C)cc(C)c2C)s1. The van der Waals surface area contributed by atoms with E-state index >= 15 is 0 Å². The van der Waals surface area contributed by atoms with Crippen LogP contribution in [-0.4, -0.2) is 12.4 Å². The summed E-state index contributed by atoms with van der Waals surface area (Å²) in [6.45, 7) is 8.31. The fraction of sp³-hybridized carbons (Fsp3) is 0.353.